The van der Waals surface area contributed by atoms with Crippen LogP contribution in [0.15, 0.2) is 152 Å². The van der Waals surface area contributed by atoms with Gasteiger partial charge in [0.15, 0.2) is 0 Å². The molecule has 0 saturated heterocycles. The van der Waals surface area contributed by atoms with Gasteiger partial charge in [-0.3, -0.25) is 0 Å². The van der Waals surface area contributed by atoms with Gasteiger partial charge in [0, 0.05) is 42.6 Å². The second-order valence-corrected chi connectivity index (χ2v) is 13.7. The molecular weight excluding hydrogens is 563 g/mol. The molecule has 8 aromatic rings. The van der Waals surface area contributed by atoms with Crippen molar-refractivity contribution in [2.45, 2.75) is 19.3 Å². The molecule has 0 N–H and O–H groups in total. The molecule has 45 heavy (non-hydrogen) atoms. The smallest absolute Gasteiger partial charge is 0.0476 e. The predicted molar refractivity (Wildman–Crippen MR) is 195 cm³/mol. The second kappa shape index (κ2) is 9.92. The molecule has 0 saturated carbocycles. The minimum absolute atomic E-state index is 0.0583. The van der Waals surface area contributed by atoms with Gasteiger partial charge in [0.2, 0.25) is 0 Å². The fourth-order valence-electron chi connectivity index (χ4n) is 7.40. The summed E-state index contributed by atoms with van der Waals surface area (Å²) in [6, 6.07) is 55.8. The van der Waals surface area contributed by atoms with Crippen molar-refractivity contribution in [2.75, 3.05) is 4.90 Å². The third-order valence-corrected chi connectivity index (χ3v) is 10.8. The van der Waals surface area contributed by atoms with Crippen LogP contribution in [0.2, 0.25) is 0 Å². The van der Waals surface area contributed by atoms with Crippen LogP contribution in [0.4, 0.5) is 17.1 Å². The Balaban J connectivity index is 1.14. The molecule has 0 bridgehead atoms. The van der Waals surface area contributed by atoms with Gasteiger partial charge in [-0.25, -0.2) is 0 Å². The Kier molecular flexibility index (Phi) is 5.78. The van der Waals surface area contributed by atoms with Crippen molar-refractivity contribution in [3.8, 4) is 22.3 Å². The summed E-state index contributed by atoms with van der Waals surface area (Å²) < 4.78 is 2.63. The average Bonchev–Trinajstić information content (AvgIpc) is 3.46. The summed E-state index contributed by atoms with van der Waals surface area (Å²) in [6.07, 6.45) is 0. The molecule has 1 nitrogen and oxygen atoms in total. The molecule has 1 aliphatic rings. The largest absolute Gasteiger partial charge is 0.310 e. The molecule has 1 aromatic heterocycles. The molecule has 7 aromatic carbocycles. The van der Waals surface area contributed by atoms with Crippen molar-refractivity contribution in [2.24, 2.45) is 0 Å². The molecular formula is C43H31NS. The summed E-state index contributed by atoms with van der Waals surface area (Å²) >= 11 is 1.86. The zero-order valence-electron chi connectivity index (χ0n) is 25.3. The summed E-state index contributed by atoms with van der Waals surface area (Å²) in [5.74, 6) is 0. The van der Waals surface area contributed by atoms with Crippen LogP contribution in [0.25, 0.3) is 53.2 Å². The molecule has 9 rings (SSSR count). The summed E-state index contributed by atoms with van der Waals surface area (Å²) in [4.78, 5) is 2.36. The molecule has 0 fully saturated rings. The molecule has 0 amide bonds. The van der Waals surface area contributed by atoms with E-state index in [0.717, 1.165) is 17.1 Å². The van der Waals surface area contributed by atoms with Gasteiger partial charge < -0.3 is 4.90 Å². The zero-order valence-corrected chi connectivity index (χ0v) is 26.1. The van der Waals surface area contributed by atoms with Gasteiger partial charge in [0.1, 0.15) is 0 Å². The minimum Gasteiger partial charge on any atom is -0.310 e. The molecule has 1 heterocycles. The number of thiophene rings is 1. The van der Waals surface area contributed by atoms with Crippen LogP contribution in [0.5, 0.6) is 0 Å². The zero-order chi connectivity index (χ0) is 30.1. The first-order valence-corrected chi connectivity index (χ1v) is 16.4. The lowest BCUT2D eigenvalue weighted by molar-refractivity contribution is 0.645. The molecule has 0 aliphatic heterocycles. The van der Waals surface area contributed by atoms with Gasteiger partial charge in [-0.1, -0.05) is 117 Å². The van der Waals surface area contributed by atoms with E-state index in [1.54, 1.807) is 0 Å². The van der Waals surface area contributed by atoms with E-state index in [-0.39, 0.29) is 5.41 Å². The number of anilines is 3. The van der Waals surface area contributed by atoms with Crippen molar-refractivity contribution in [1.29, 1.82) is 0 Å². The number of fused-ring (bicyclic) bond motifs is 5. The van der Waals surface area contributed by atoms with Crippen molar-refractivity contribution in [1.82, 2.24) is 0 Å². The fourth-order valence-corrected chi connectivity index (χ4v) is 8.54. The Bertz CT molecular complexity index is 2390. The van der Waals surface area contributed by atoms with Crippen LogP contribution in [0, 0.1) is 0 Å². The van der Waals surface area contributed by atoms with Gasteiger partial charge in [-0.2, -0.15) is 0 Å². The van der Waals surface area contributed by atoms with Gasteiger partial charge in [-0.05, 0) is 92.7 Å². The van der Waals surface area contributed by atoms with E-state index in [1.165, 1.54) is 64.3 Å². The number of hydrogen-bond donors (Lipinski definition) is 0. The van der Waals surface area contributed by atoms with Crippen molar-refractivity contribution in [3.05, 3.63) is 163 Å². The maximum Gasteiger partial charge on any atom is 0.0476 e. The Morgan fingerprint density at radius 3 is 2.00 bits per heavy atom. The number of rotatable bonds is 4. The van der Waals surface area contributed by atoms with E-state index >= 15 is 0 Å². The summed E-state index contributed by atoms with van der Waals surface area (Å²) in [6.45, 7) is 4.72. The van der Waals surface area contributed by atoms with E-state index in [1.807, 2.05) is 11.3 Å². The normalized spacial score (nSPS) is 13.3. The number of nitrogens with zero attached hydrogens (tertiary/aromatic N) is 1. The lowest BCUT2D eigenvalue weighted by Crippen LogP contribution is -2.23. The predicted octanol–water partition coefficient (Wildman–Crippen LogP) is 12.7. The summed E-state index contributed by atoms with van der Waals surface area (Å²) in [5.41, 5.74) is 11.3. The molecule has 0 atom stereocenters. The van der Waals surface area contributed by atoms with Crippen LogP contribution < -0.4 is 4.90 Å². The van der Waals surface area contributed by atoms with E-state index in [2.05, 4.69) is 170 Å². The maximum atomic E-state index is 2.40. The van der Waals surface area contributed by atoms with Crippen molar-refractivity contribution >= 4 is 59.3 Å². The number of hydrogen-bond acceptors (Lipinski definition) is 2. The molecule has 1 aliphatic carbocycles. The minimum atomic E-state index is -0.0583. The SMILES string of the molecule is CC1(C)c2ccc(-c3ccc(N(c4ccccc4)c4ccc5c(c4)sc4ccccc45)cc3)cc2-c2cccc3cccc1c23. The topological polar surface area (TPSA) is 3.24 Å². The number of para-hydroxylation sites is 1. The third kappa shape index (κ3) is 4.06. The highest BCUT2D eigenvalue weighted by molar-refractivity contribution is 7.25. The van der Waals surface area contributed by atoms with Crippen LogP contribution >= 0.6 is 11.3 Å². The molecule has 0 radical (unpaired) electrons. The van der Waals surface area contributed by atoms with E-state index in [9.17, 15) is 0 Å². The second-order valence-electron chi connectivity index (χ2n) is 12.6. The summed E-state index contributed by atoms with van der Waals surface area (Å²) in [7, 11) is 0. The van der Waals surface area contributed by atoms with Gasteiger partial charge in [0.25, 0.3) is 0 Å². The molecule has 0 spiro atoms. The highest BCUT2D eigenvalue weighted by Gasteiger charge is 2.33. The van der Waals surface area contributed by atoms with Gasteiger partial charge in [-0.15, -0.1) is 11.3 Å². The Morgan fingerprint density at radius 1 is 0.467 bits per heavy atom. The quantitative estimate of drug-likeness (QED) is 0.196. The van der Waals surface area contributed by atoms with Gasteiger partial charge in [0.05, 0.1) is 0 Å². The number of benzene rings is 7. The first-order valence-electron chi connectivity index (χ1n) is 15.6. The first kappa shape index (κ1) is 26.2. The van der Waals surface area contributed by atoms with E-state index in [0.29, 0.717) is 0 Å². The Hall–Kier alpha value is -5.18. The molecule has 2 heteroatoms. The Morgan fingerprint density at radius 2 is 1.16 bits per heavy atom. The van der Waals surface area contributed by atoms with Crippen molar-refractivity contribution in [3.63, 3.8) is 0 Å². The first-order chi connectivity index (χ1) is 22.1. The molecule has 214 valence electrons. The van der Waals surface area contributed by atoms with Crippen molar-refractivity contribution < 1.29 is 0 Å². The standard InChI is InChI=1S/C43H31NS/c1-43(2)38-25-20-30(26-37(38)36-15-8-10-29-11-9-16-39(43)42(29)36)28-18-21-32(22-19-28)44(31-12-4-3-5-13-31)33-23-24-35-34-14-6-7-17-40(34)45-41(35)27-33/h3-27H,1-2H3. The summed E-state index contributed by atoms with van der Waals surface area (Å²) in [5, 5.41) is 5.34. The highest BCUT2D eigenvalue weighted by Crippen LogP contribution is 2.49. The van der Waals surface area contributed by atoms with Crippen LogP contribution in [0.3, 0.4) is 0 Å². The maximum absolute atomic E-state index is 2.40. The highest BCUT2D eigenvalue weighted by atomic mass is 32.1. The van der Waals surface area contributed by atoms with Crippen LogP contribution in [-0.2, 0) is 5.41 Å². The fraction of sp³-hybridized carbons (Fsp3) is 0.0698. The lowest BCUT2D eigenvalue weighted by atomic mass is 9.68. The average molecular weight is 594 g/mol. The Labute approximate surface area is 267 Å². The third-order valence-electron chi connectivity index (χ3n) is 9.65. The molecule has 0 unspecified atom stereocenters. The lowest BCUT2D eigenvalue weighted by Gasteiger charge is -2.35. The van der Waals surface area contributed by atoms with E-state index < -0.39 is 0 Å². The monoisotopic (exact) mass is 593 g/mol. The van der Waals surface area contributed by atoms with E-state index in [4.69, 9.17) is 0 Å². The van der Waals surface area contributed by atoms with Gasteiger partial charge >= 0.3 is 0 Å². The van der Waals surface area contributed by atoms with Crippen LogP contribution in [-0.4, -0.2) is 0 Å². The van der Waals surface area contributed by atoms with Crippen LogP contribution in [0.1, 0.15) is 25.0 Å².